The summed E-state index contributed by atoms with van der Waals surface area (Å²) in [5.74, 6) is 0. The van der Waals surface area contributed by atoms with E-state index in [4.69, 9.17) is 9.97 Å². The number of nitrogens with zero attached hydrogens (tertiary/aromatic N) is 4. The van der Waals surface area contributed by atoms with Crippen LogP contribution in [0.1, 0.15) is 43.0 Å². The van der Waals surface area contributed by atoms with Crippen LogP contribution in [0.25, 0.3) is 0 Å². The Morgan fingerprint density at radius 2 is 1.12 bits per heavy atom. The van der Waals surface area contributed by atoms with Gasteiger partial charge in [-0.25, -0.2) is 0 Å². The second-order valence-electron chi connectivity index (χ2n) is 6.85. The van der Waals surface area contributed by atoms with Crippen LogP contribution in [0.5, 0.6) is 0 Å². The molecule has 1 aliphatic heterocycles. The molecule has 0 amide bonds. The maximum atomic E-state index is 4.76. The Kier molecular flexibility index (Phi) is 6.54. The standard InChI is InChI=1S/C21H30N4/c1-3-18-8-5-10-20(22-18)16-24-12-7-13-25(15-14-24)17-21-11-6-9-19(4-2)23-21/h5-6,8-11H,3-4,7,12-17H2,1-2H3. The van der Waals surface area contributed by atoms with Gasteiger partial charge in [0.05, 0.1) is 11.4 Å². The summed E-state index contributed by atoms with van der Waals surface area (Å²) in [5, 5.41) is 0. The number of aryl methyl sites for hydroxylation is 2. The minimum absolute atomic E-state index is 0.964. The van der Waals surface area contributed by atoms with Crippen molar-refractivity contribution < 1.29 is 0 Å². The molecule has 0 unspecified atom stereocenters. The molecule has 0 bridgehead atoms. The van der Waals surface area contributed by atoms with Gasteiger partial charge in [0.15, 0.2) is 0 Å². The molecule has 0 aromatic carbocycles. The average molecular weight is 338 g/mol. The molecule has 1 fully saturated rings. The van der Waals surface area contributed by atoms with Crippen LogP contribution in [0.2, 0.25) is 0 Å². The molecule has 0 spiro atoms. The lowest BCUT2D eigenvalue weighted by molar-refractivity contribution is 0.244. The fourth-order valence-corrected chi connectivity index (χ4v) is 3.43. The van der Waals surface area contributed by atoms with Gasteiger partial charge >= 0.3 is 0 Å². The quantitative estimate of drug-likeness (QED) is 0.809. The molecular formula is C21H30N4. The van der Waals surface area contributed by atoms with Crippen LogP contribution in [0.3, 0.4) is 0 Å². The largest absolute Gasteiger partial charge is 0.296 e. The summed E-state index contributed by atoms with van der Waals surface area (Å²) in [5.41, 5.74) is 4.78. The minimum Gasteiger partial charge on any atom is -0.296 e. The molecular weight excluding hydrogens is 308 g/mol. The van der Waals surface area contributed by atoms with Gasteiger partial charge < -0.3 is 0 Å². The number of pyridine rings is 2. The summed E-state index contributed by atoms with van der Waals surface area (Å²) >= 11 is 0. The molecule has 3 rings (SSSR count). The smallest absolute Gasteiger partial charge is 0.0547 e. The predicted molar refractivity (Wildman–Crippen MR) is 102 cm³/mol. The Morgan fingerprint density at radius 3 is 1.56 bits per heavy atom. The molecule has 0 aliphatic carbocycles. The molecule has 0 atom stereocenters. The van der Waals surface area contributed by atoms with Crippen LogP contribution in [-0.2, 0) is 25.9 Å². The first-order valence-corrected chi connectivity index (χ1v) is 9.61. The topological polar surface area (TPSA) is 32.3 Å². The van der Waals surface area contributed by atoms with Crippen molar-refractivity contribution >= 4 is 0 Å². The Bertz CT molecular complexity index is 613. The molecule has 134 valence electrons. The zero-order valence-electron chi connectivity index (χ0n) is 15.6. The summed E-state index contributed by atoms with van der Waals surface area (Å²) in [6.45, 7) is 10.8. The summed E-state index contributed by atoms with van der Waals surface area (Å²) in [6, 6.07) is 12.8. The molecule has 1 aliphatic rings. The van der Waals surface area contributed by atoms with Crippen LogP contribution in [-0.4, -0.2) is 45.9 Å². The molecule has 0 saturated carbocycles. The van der Waals surface area contributed by atoms with Crippen LogP contribution in [0.4, 0.5) is 0 Å². The van der Waals surface area contributed by atoms with E-state index in [0.29, 0.717) is 0 Å². The van der Waals surface area contributed by atoms with Crippen molar-refractivity contribution in [1.82, 2.24) is 19.8 Å². The molecule has 1 saturated heterocycles. The SMILES string of the molecule is CCc1cccc(CN2CCCN(Cc3cccc(CC)n3)CC2)n1. The van der Waals surface area contributed by atoms with Gasteiger partial charge in [-0.3, -0.25) is 19.8 Å². The van der Waals surface area contributed by atoms with E-state index in [1.165, 1.54) is 29.2 Å². The summed E-state index contributed by atoms with van der Waals surface area (Å²) in [6.07, 6.45) is 3.22. The van der Waals surface area contributed by atoms with Gasteiger partial charge in [0, 0.05) is 37.6 Å². The fraction of sp³-hybridized carbons (Fsp3) is 0.524. The second-order valence-corrected chi connectivity index (χ2v) is 6.85. The molecule has 0 radical (unpaired) electrons. The highest BCUT2D eigenvalue weighted by Gasteiger charge is 2.16. The van der Waals surface area contributed by atoms with Gasteiger partial charge in [0.2, 0.25) is 0 Å². The van der Waals surface area contributed by atoms with E-state index in [1.54, 1.807) is 0 Å². The predicted octanol–water partition coefficient (Wildman–Crippen LogP) is 3.31. The van der Waals surface area contributed by atoms with Gasteiger partial charge in [-0.05, 0) is 56.6 Å². The van der Waals surface area contributed by atoms with Crippen LogP contribution < -0.4 is 0 Å². The third-order valence-corrected chi connectivity index (χ3v) is 4.91. The van der Waals surface area contributed by atoms with Gasteiger partial charge in [-0.2, -0.15) is 0 Å². The number of aromatic nitrogens is 2. The first-order chi connectivity index (χ1) is 12.3. The highest BCUT2D eigenvalue weighted by Crippen LogP contribution is 2.11. The molecule has 2 aromatic heterocycles. The first-order valence-electron chi connectivity index (χ1n) is 9.61. The van der Waals surface area contributed by atoms with E-state index >= 15 is 0 Å². The number of hydrogen-bond donors (Lipinski definition) is 0. The van der Waals surface area contributed by atoms with E-state index in [2.05, 4.69) is 60.0 Å². The van der Waals surface area contributed by atoms with Crippen LogP contribution in [0, 0.1) is 0 Å². The zero-order chi connectivity index (χ0) is 17.5. The highest BCUT2D eigenvalue weighted by atomic mass is 15.2. The minimum atomic E-state index is 0.964. The molecule has 4 nitrogen and oxygen atoms in total. The normalized spacial score (nSPS) is 16.7. The Balaban J connectivity index is 1.54. The lowest BCUT2D eigenvalue weighted by atomic mass is 10.2. The lowest BCUT2D eigenvalue weighted by Crippen LogP contribution is -2.30. The fourth-order valence-electron chi connectivity index (χ4n) is 3.43. The molecule has 3 heterocycles. The van der Waals surface area contributed by atoms with E-state index < -0.39 is 0 Å². The zero-order valence-corrected chi connectivity index (χ0v) is 15.6. The van der Waals surface area contributed by atoms with Crippen LogP contribution >= 0.6 is 0 Å². The summed E-state index contributed by atoms with van der Waals surface area (Å²) in [7, 11) is 0. The van der Waals surface area contributed by atoms with Crippen molar-refractivity contribution in [2.24, 2.45) is 0 Å². The molecule has 25 heavy (non-hydrogen) atoms. The number of rotatable bonds is 6. The van der Waals surface area contributed by atoms with E-state index in [1.807, 2.05) is 0 Å². The summed E-state index contributed by atoms with van der Waals surface area (Å²) < 4.78 is 0. The van der Waals surface area contributed by atoms with Gasteiger partial charge in [-0.15, -0.1) is 0 Å². The Labute approximate surface area is 151 Å². The highest BCUT2D eigenvalue weighted by molar-refractivity contribution is 5.12. The van der Waals surface area contributed by atoms with E-state index in [0.717, 1.165) is 52.1 Å². The maximum Gasteiger partial charge on any atom is 0.0547 e. The Morgan fingerprint density at radius 1 is 0.680 bits per heavy atom. The molecule has 4 heteroatoms. The second kappa shape index (κ2) is 9.07. The monoisotopic (exact) mass is 338 g/mol. The maximum absolute atomic E-state index is 4.76. The van der Waals surface area contributed by atoms with E-state index in [9.17, 15) is 0 Å². The third-order valence-electron chi connectivity index (χ3n) is 4.91. The molecule has 2 aromatic rings. The van der Waals surface area contributed by atoms with Crippen molar-refractivity contribution in [3.8, 4) is 0 Å². The van der Waals surface area contributed by atoms with Crippen molar-refractivity contribution in [2.75, 3.05) is 26.2 Å². The van der Waals surface area contributed by atoms with E-state index in [-0.39, 0.29) is 0 Å². The Hall–Kier alpha value is -1.78. The van der Waals surface area contributed by atoms with Crippen molar-refractivity contribution in [3.63, 3.8) is 0 Å². The molecule has 0 N–H and O–H groups in total. The van der Waals surface area contributed by atoms with Gasteiger partial charge in [-0.1, -0.05) is 26.0 Å². The van der Waals surface area contributed by atoms with Crippen molar-refractivity contribution in [3.05, 3.63) is 59.2 Å². The lowest BCUT2D eigenvalue weighted by Gasteiger charge is -2.21. The third kappa shape index (κ3) is 5.35. The first kappa shape index (κ1) is 18.0. The van der Waals surface area contributed by atoms with Crippen molar-refractivity contribution in [2.45, 2.75) is 46.2 Å². The average Bonchev–Trinajstić information content (AvgIpc) is 2.87. The van der Waals surface area contributed by atoms with Gasteiger partial charge in [0.25, 0.3) is 0 Å². The van der Waals surface area contributed by atoms with Gasteiger partial charge in [0.1, 0.15) is 0 Å². The van der Waals surface area contributed by atoms with Crippen molar-refractivity contribution in [1.29, 1.82) is 0 Å². The summed E-state index contributed by atoms with van der Waals surface area (Å²) in [4.78, 5) is 14.6. The number of hydrogen-bond acceptors (Lipinski definition) is 4. The van der Waals surface area contributed by atoms with Crippen LogP contribution in [0.15, 0.2) is 36.4 Å².